The molecule has 3 nitrogen and oxygen atoms in total. The highest BCUT2D eigenvalue weighted by Gasteiger charge is 2.05. The first-order chi connectivity index (χ1) is 7.38. The third kappa shape index (κ3) is 1.09. The summed E-state index contributed by atoms with van der Waals surface area (Å²) in [4.78, 5) is 11.7. The number of terminal acetylenes is 1. The molecule has 70 valence electrons. The molecule has 3 heteroatoms. The lowest BCUT2D eigenvalue weighted by atomic mass is 10.2. The third-order valence-electron chi connectivity index (χ3n) is 2.36. The molecule has 0 aliphatic heterocycles. The first-order valence-corrected chi connectivity index (χ1v) is 4.58. The molecule has 15 heavy (non-hydrogen) atoms. The fraction of sp³-hybridized carbons (Fsp3) is 0. The number of nitrogens with zero attached hydrogens (tertiary/aromatic N) is 2. The third-order valence-corrected chi connectivity index (χ3v) is 2.36. The second-order valence-electron chi connectivity index (χ2n) is 3.27. The van der Waals surface area contributed by atoms with Crippen LogP contribution in [0.2, 0.25) is 0 Å². The second kappa shape index (κ2) is 2.82. The Bertz CT molecular complexity index is 689. The fourth-order valence-corrected chi connectivity index (χ4v) is 1.67. The van der Waals surface area contributed by atoms with Crippen molar-refractivity contribution < 1.29 is 0 Å². The van der Waals surface area contributed by atoms with Crippen molar-refractivity contribution >= 4 is 21.9 Å². The topological polar surface area (TPSA) is 41.6 Å². The zero-order chi connectivity index (χ0) is 10.3. The molecule has 0 saturated carbocycles. The molecule has 0 aliphatic carbocycles. The van der Waals surface area contributed by atoms with Crippen molar-refractivity contribution in [3.8, 4) is 12.3 Å². The summed E-state index contributed by atoms with van der Waals surface area (Å²) in [5.41, 5.74) is 2.69. The van der Waals surface area contributed by atoms with Gasteiger partial charge in [-0.2, -0.15) is 0 Å². The van der Waals surface area contributed by atoms with Gasteiger partial charge in [0.2, 0.25) is 0 Å². The minimum atomic E-state index is 0.545. The molecule has 0 radical (unpaired) electrons. The molecule has 0 spiro atoms. The Kier molecular flexibility index (Phi) is 1.51. The molecule has 0 amide bonds. The van der Waals surface area contributed by atoms with Crippen LogP contribution in [0.5, 0.6) is 0 Å². The van der Waals surface area contributed by atoms with Gasteiger partial charge in [0.25, 0.3) is 0 Å². The molecule has 0 aliphatic rings. The molecule has 1 aromatic carbocycles. The number of hydrogen-bond acceptors (Lipinski definition) is 2. The van der Waals surface area contributed by atoms with Gasteiger partial charge in [-0.25, -0.2) is 4.98 Å². The molecule has 0 fully saturated rings. The van der Waals surface area contributed by atoms with E-state index in [2.05, 4.69) is 20.9 Å². The Balaban J connectivity index is 2.54. The van der Waals surface area contributed by atoms with E-state index in [0.717, 1.165) is 21.9 Å². The van der Waals surface area contributed by atoms with Crippen molar-refractivity contribution in [2.75, 3.05) is 0 Å². The van der Waals surface area contributed by atoms with E-state index in [9.17, 15) is 0 Å². The monoisotopic (exact) mass is 193 g/mol. The van der Waals surface area contributed by atoms with Gasteiger partial charge in [0.1, 0.15) is 5.52 Å². The predicted molar refractivity (Wildman–Crippen MR) is 59.3 cm³/mol. The van der Waals surface area contributed by atoms with Crippen molar-refractivity contribution in [3.63, 3.8) is 0 Å². The minimum Gasteiger partial charge on any atom is -0.330 e. The Labute approximate surface area is 86.2 Å². The van der Waals surface area contributed by atoms with Crippen LogP contribution in [-0.2, 0) is 0 Å². The summed E-state index contributed by atoms with van der Waals surface area (Å²) in [5, 5.41) is 1.02. The average molecular weight is 193 g/mol. The van der Waals surface area contributed by atoms with E-state index in [1.807, 2.05) is 24.3 Å². The molecule has 0 bridgehead atoms. The number of aromatic nitrogens is 3. The van der Waals surface area contributed by atoms with E-state index in [1.54, 1.807) is 6.20 Å². The van der Waals surface area contributed by atoms with Gasteiger partial charge < -0.3 is 4.98 Å². The number of para-hydroxylation sites is 1. The molecule has 0 saturated heterocycles. The lowest BCUT2D eigenvalue weighted by molar-refractivity contribution is 1.28. The molecule has 0 unspecified atom stereocenters. The van der Waals surface area contributed by atoms with Crippen molar-refractivity contribution in [3.05, 3.63) is 36.3 Å². The van der Waals surface area contributed by atoms with E-state index < -0.39 is 0 Å². The van der Waals surface area contributed by atoms with Crippen LogP contribution in [-0.4, -0.2) is 15.0 Å². The maximum atomic E-state index is 5.29. The minimum absolute atomic E-state index is 0.545. The lowest BCUT2D eigenvalue weighted by Gasteiger charge is -1.95. The standard InChI is InChI=1S/C12H7N3/c1-2-11-14-10-7-13-9-6-4-3-5-8(9)12(10)15-11/h1,3-7H,(H,14,15). The summed E-state index contributed by atoms with van der Waals surface area (Å²) in [6.07, 6.45) is 7.05. The van der Waals surface area contributed by atoms with Gasteiger partial charge in [-0.3, -0.25) is 4.98 Å². The SMILES string of the molecule is C#Cc1nc2c(cnc3ccccc32)[nH]1. The number of pyridine rings is 1. The van der Waals surface area contributed by atoms with Crippen LogP contribution in [0.3, 0.4) is 0 Å². The van der Waals surface area contributed by atoms with Gasteiger partial charge in [0.15, 0.2) is 5.82 Å². The maximum Gasteiger partial charge on any atom is 0.183 e. The van der Waals surface area contributed by atoms with Crippen LogP contribution in [0.4, 0.5) is 0 Å². The number of H-pyrrole nitrogens is 1. The normalized spacial score (nSPS) is 10.6. The number of benzene rings is 1. The summed E-state index contributed by atoms with van der Waals surface area (Å²) in [7, 11) is 0. The maximum absolute atomic E-state index is 5.29. The first-order valence-electron chi connectivity index (χ1n) is 4.58. The van der Waals surface area contributed by atoms with Crippen LogP contribution < -0.4 is 0 Å². The van der Waals surface area contributed by atoms with Crippen LogP contribution in [0.25, 0.3) is 21.9 Å². The van der Waals surface area contributed by atoms with Gasteiger partial charge in [-0.05, 0) is 12.0 Å². The van der Waals surface area contributed by atoms with Gasteiger partial charge >= 0.3 is 0 Å². The van der Waals surface area contributed by atoms with E-state index in [4.69, 9.17) is 6.42 Å². The molecular weight excluding hydrogens is 186 g/mol. The quantitative estimate of drug-likeness (QED) is 0.555. The summed E-state index contributed by atoms with van der Waals surface area (Å²) in [6.45, 7) is 0. The predicted octanol–water partition coefficient (Wildman–Crippen LogP) is 2.09. The smallest absolute Gasteiger partial charge is 0.183 e. The Morgan fingerprint density at radius 1 is 1.27 bits per heavy atom. The number of rotatable bonds is 0. The molecule has 2 aromatic heterocycles. The highest BCUT2D eigenvalue weighted by Crippen LogP contribution is 2.20. The zero-order valence-corrected chi connectivity index (χ0v) is 7.86. The van der Waals surface area contributed by atoms with E-state index >= 15 is 0 Å². The number of hydrogen-bond donors (Lipinski definition) is 1. The van der Waals surface area contributed by atoms with E-state index in [-0.39, 0.29) is 0 Å². The fourth-order valence-electron chi connectivity index (χ4n) is 1.67. The molecule has 3 rings (SSSR count). The largest absolute Gasteiger partial charge is 0.330 e. The Hall–Kier alpha value is -2.34. The van der Waals surface area contributed by atoms with Crippen molar-refractivity contribution in [2.45, 2.75) is 0 Å². The highest BCUT2D eigenvalue weighted by atomic mass is 14.9. The number of fused-ring (bicyclic) bond motifs is 3. The van der Waals surface area contributed by atoms with Gasteiger partial charge in [0, 0.05) is 5.39 Å². The number of aromatic amines is 1. The van der Waals surface area contributed by atoms with E-state index in [1.165, 1.54) is 0 Å². The Morgan fingerprint density at radius 2 is 2.13 bits per heavy atom. The zero-order valence-electron chi connectivity index (χ0n) is 7.86. The summed E-state index contributed by atoms with van der Waals surface area (Å²) < 4.78 is 0. The molecular formula is C12H7N3. The van der Waals surface area contributed by atoms with Crippen molar-refractivity contribution in [1.82, 2.24) is 15.0 Å². The number of imidazole rings is 1. The van der Waals surface area contributed by atoms with Crippen LogP contribution >= 0.6 is 0 Å². The number of nitrogens with one attached hydrogen (secondary N) is 1. The summed E-state index contributed by atoms with van der Waals surface area (Å²) in [5.74, 6) is 3.03. The lowest BCUT2D eigenvalue weighted by Crippen LogP contribution is -1.79. The van der Waals surface area contributed by atoms with E-state index in [0.29, 0.717) is 5.82 Å². The van der Waals surface area contributed by atoms with Crippen molar-refractivity contribution in [1.29, 1.82) is 0 Å². The summed E-state index contributed by atoms with van der Waals surface area (Å²) >= 11 is 0. The highest BCUT2D eigenvalue weighted by molar-refractivity contribution is 6.01. The second-order valence-corrected chi connectivity index (χ2v) is 3.27. The van der Waals surface area contributed by atoms with Crippen LogP contribution in [0, 0.1) is 12.3 Å². The van der Waals surface area contributed by atoms with Crippen molar-refractivity contribution in [2.24, 2.45) is 0 Å². The average Bonchev–Trinajstić information content (AvgIpc) is 2.72. The van der Waals surface area contributed by atoms with Gasteiger partial charge in [-0.15, -0.1) is 6.42 Å². The Morgan fingerprint density at radius 3 is 3.00 bits per heavy atom. The summed E-state index contributed by atoms with van der Waals surface area (Å²) in [6, 6.07) is 7.87. The van der Waals surface area contributed by atoms with Crippen LogP contribution in [0.1, 0.15) is 5.82 Å². The molecule has 3 aromatic rings. The first kappa shape index (κ1) is 8.01. The molecule has 0 atom stereocenters. The van der Waals surface area contributed by atoms with Crippen LogP contribution in [0.15, 0.2) is 30.5 Å². The van der Waals surface area contributed by atoms with Gasteiger partial charge in [-0.1, -0.05) is 18.2 Å². The molecule has 1 N–H and O–H groups in total. The molecule has 2 heterocycles. The van der Waals surface area contributed by atoms with Gasteiger partial charge in [0.05, 0.1) is 17.2 Å².